The molecule has 0 aliphatic carbocycles. The monoisotopic (exact) mass is 310 g/mol. The van der Waals surface area contributed by atoms with E-state index in [1.165, 1.54) is 5.56 Å². The van der Waals surface area contributed by atoms with Crippen LogP contribution in [-0.4, -0.2) is 18.3 Å². The van der Waals surface area contributed by atoms with Gasteiger partial charge in [0.15, 0.2) is 0 Å². The van der Waals surface area contributed by atoms with Crippen LogP contribution in [0.4, 0.5) is 0 Å². The lowest BCUT2D eigenvalue weighted by Crippen LogP contribution is -2.21. The Morgan fingerprint density at radius 3 is 2.83 bits per heavy atom. The molecule has 1 aliphatic heterocycles. The lowest BCUT2D eigenvalue weighted by molar-refractivity contribution is -0.0126. The average molecular weight is 311 g/mol. The fourth-order valence-corrected chi connectivity index (χ4v) is 2.61. The van der Waals surface area contributed by atoms with Gasteiger partial charge in [-0.05, 0) is 37.0 Å². The molecule has 0 unspecified atom stereocenters. The van der Waals surface area contributed by atoms with Gasteiger partial charge in [0.2, 0.25) is 0 Å². The van der Waals surface area contributed by atoms with Crippen molar-refractivity contribution in [3.8, 4) is 0 Å². The Morgan fingerprint density at radius 2 is 2.11 bits per heavy atom. The SMILES string of the molecule is OCC/C=C/[C@H]1CCCO[C@@H]1c1ccc(Br)cc1. The Morgan fingerprint density at radius 1 is 1.33 bits per heavy atom. The first kappa shape index (κ1) is 13.8. The van der Waals surface area contributed by atoms with Gasteiger partial charge in [0.1, 0.15) is 0 Å². The molecule has 0 aromatic heterocycles. The molecular weight excluding hydrogens is 292 g/mol. The van der Waals surface area contributed by atoms with Crippen molar-refractivity contribution in [1.82, 2.24) is 0 Å². The second kappa shape index (κ2) is 7.07. The van der Waals surface area contributed by atoms with E-state index < -0.39 is 0 Å². The molecule has 0 saturated carbocycles. The first-order valence-electron chi connectivity index (χ1n) is 6.46. The van der Waals surface area contributed by atoms with E-state index >= 15 is 0 Å². The molecule has 3 heteroatoms. The molecular formula is C15H19BrO2. The summed E-state index contributed by atoms with van der Waals surface area (Å²) in [7, 11) is 0. The normalized spacial score (nSPS) is 24.6. The number of rotatable bonds is 4. The van der Waals surface area contributed by atoms with Crippen LogP contribution in [0.3, 0.4) is 0 Å². The average Bonchev–Trinajstić information content (AvgIpc) is 2.41. The van der Waals surface area contributed by atoms with Gasteiger partial charge in [-0.2, -0.15) is 0 Å². The second-order valence-electron chi connectivity index (χ2n) is 4.59. The molecule has 1 fully saturated rings. The van der Waals surface area contributed by atoms with E-state index in [1.54, 1.807) is 0 Å². The summed E-state index contributed by atoms with van der Waals surface area (Å²) < 4.78 is 7.01. The summed E-state index contributed by atoms with van der Waals surface area (Å²) in [6, 6.07) is 8.35. The number of aliphatic hydroxyl groups is 1. The zero-order valence-corrected chi connectivity index (χ0v) is 12.0. The Kier molecular flexibility index (Phi) is 5.42. The molecule has 98 valence electrons. The number of hydrogen-bond donors (Lipinski definition) is 1. The number of aliphatic hydroxyl groups excluding tert-OH is 1. The fourth-order valence-electron chi connectivity index (χ4n) is 2.34. The van der Waals surface area contributed by atoms with Gasteiger partial charge in [0, 0.05) is 23.6 Å². The van der Waals surface area contributed by atoms with E-state index in [0.29, 0.717) is 5.92 Å². The van der Waals surface area contributed by atoms with Crippen LogP contribution in [0, 0.1) is 5.92 Å². The van der Waals surface area contributed by atoms with Crippen molar-refractivity contribution in [1.29, 1.82) is 0 Å². The number of ether oxygens (including phenoxy) is 1. The molecule has 2 atom stereocenters. The third-order valence-corrected chi connectivity index (χ3v) is 3.77. The second-order valence-corrected chi connectivity index (χ2v) is 5.51. The van der Waals surface area contributed by atoms with E-state index in [-0.39, 0.29) is 12.7 Å². The van der Waals surface area contributed by atoms with Gasteiger partial charge in [-0.3, -0.25) is 0 Å². The lowest BCUT2D eigenvalue weighted by atomic mass is 9.89. The molecule has 1 aromatic rings. The van der Waals surface area contributed by atoms with Crippen LogP contribution < -0.4 is 0 Å². The third kappa shape index (κ3) is 3.67. The van der Waals surface area contributed by atoms with E-state index in [2.05, 4.69) is 52.3 Å². The summed E-state index contributed by atoms with van der Waals surface area (Å²) in [5.41, 5.74) is 1.23. The van der Waals surface area contributed by atoms with Crippen LogP contribution in [-0.2, 0) is 4.74 Å². The van der Waals surface area contributed by atoms with Gasteiger partial charge in [-0.15, -0.1) is 0 Å². The van der Waals surface area contributed by atoms with Gasteiger partial charge >= 0.3 is 0 Å². The zero-order chi connectivity index (χ0) is 12.8. The van der Waals surface area contributed by atoms with Crippen molar-refractivity contribution in [3.05, 3.63) is 46.5 Å². The molecule has 1 aliphatic rings. The highest BCUT2D eigenvalue weighted by Crippen LogP contribution is 2.35. The highest BCUT2D eigenvalue weighted by molar-refractivity contribution is 9.10. The molecule has 0 bridgehead atoms. The lowest BCUT2D eigenvalue weighted by Gasteiger charge is -2.30. The molecule has 1 N–H and O–H groups in total. The van der Waals surface area contributed by atoms with Gasteiger partial charge in [0.05, 0.1) is 6.10 Å². The molecule has 0 spiro atoms. The predicted octanol–water partition coefficient (Wildman–Crippen LogP) is 3.86. The standard InChI is InChI=1S/C15H19BrO2/c16-14-8-6-13(7-9-14)15-12(4-1-2-10-17)5-3-11-18-15/h1,4,6-9,12,15,17H,2-3,5,10-11H2/b4-1+/t12-,15-/m0/s1. The van der Waals surface area contributed by atoms with E-state index in [1.807, 2.05) is 0 Å². The van der Waals surface area contributed by atoms with Crippen molar-refractivity contribution < 1.29 is 9.84 Å². The Balaban J connectivity index is 2.09. The van der Waals surface area contributed by atoms with Crippen LogP contribution in [0.2, 0.25) is 0 Å². The largest absolute Gasteiger partial charge is 0.396 e. The molecule has 2 rings (SSSR count). The first-order chi connectivity index (χ1) is 8.81. The van der Waals surface area contributed by atoms with Crippen LogP contribution in [0.25, 0.3) is 0 Å². The summed E-state index contributed by atoms with van der Waals surface area (Å²) >= 11 is 3.45. The molecule has 18 heavy (non-hydrogen) atoms. The Hall–Kier alpha value is -0.640. The summed E-state index contributed by atoms with van der Waals surface area (Å²) in [4.78, 5) is 0. The maximum absolute atomic E-state index is 8.82. The highest BCUT2D eigenvalue weighted by Gasteiger charge is 2.25. The summed E-state index contributed by atoms with van der Waals surface area (Å²) in [6.45, 7) is 1.05. The Labute approximate surface area is 117 Å². The van der Waals surface area contributed by atoms with E-state index in [4.69, 9.17) is 9.84 Å². The van der Waals surface area contributed by atoms with Crippen LogP contribution in [0.5, 0.6) is 0 Å². The topological polar surface area (TPSA) is 29.5 Å². The summed E-state index contributed by atoms with van der Waals surface area (Å²) in [6.07, 6.45) is 7.41. The first-order valence-corrected chi connectivity index (χ1v) is 7.25. The van der Waals surface area contributed by atoms with Crippen LogP contribution in [0.1, 0.15) is 30.9 Å². The summed E-state index contributed by atoms with van der Waals surface area (Å²) in [5.74, 6) is 0.423. The number of benzene rings is 1. The zero-order valence-electron chi connectivity index (χ0n) is 10.4. The molecule has 1 heterocycles. The van der Waals surface area contributed by atoms with Gasteiger partial charge in [-0.25, -0.2) is 0 Å². The smallest absolute Gasteiger partial charge is 0.0887 e. The van der Waals surface area contributed by atoms with Crippen molar-refractivity contribution in [2.45, 2.75) is 25.4 Å². The van der Waals surface area contributed by atoms with Gasteiger partial charge in [-0.1, -0.05) is 40.2 Å². The van der Waals surface area contributed by atoms with Gasteiger partial charge < -0.3 is 9.84 Å². The van der Waals surface area contributed by atoms with Crippen molar-refractivity contribution in [3.63, 3.8) is 0 Å². The minimum atomic E-state index is 0.154. The van der Waals surface area contributed by atoms with E-state index in [9.17, 15) is 0 Å². The number of halogens is 1. The summed E-state index contributed by atoms with van der Waals surface area (Å²) in [5, 5.41) is 8.82. The highest BCUT2D eigenvalue weighted by atomic mass is 79.9. The van der Waals surface area contributed by atoms with E-state index in [0.717, 1.165) is 30.3 Å². The maximum atomic E-state index is 8.82. The van der Waals surface area contributed by atoms with Crippen molar-refractivity contribution in [2.24, 2.45) is 5.92 Å². The van der Waals surface area contributed by atoms with Crippen molar-refractivity contribution >= 4 is 15.9 Å². The van der Waals surface area contributed by atoms with Crippen LogP contribution in [0.15, 0.2) is 40.9 Å². The molecule has 0 amide bonds. The fraction of sp³-hybridized carbons (Fsp3) is 0.467. The molecule has 1 aromatic carbocycles. The third-order valence-electron chi connectivity index (χ3n) is 3.25. The van der Waals surface area contributed by atoms with Crippen molar-refractivity contribution in [2.75, 3.05) is 13.2 Å². The molecule has 2 nitrogen and oxygen atoms in total. The minimum absolute atomic E-state index is 0.154. The minimum Gasteiger partial charge on any atom is -0.396 e. The predicted molar refractivity (Wildman–Crippen MR) is 76.4 cm³/mol. The number of hydrogen-bond acceptors (Lipinski definition) is 2. The molecule has 1 saturated heterocycles. The van der Waals surface area contributed by atoms with Gasteiger partial charge in [0.25, 0.3) is 0 Å². The maximum Gasteiger partial charge on any atom is 0.0887 e. The molecule has 0 radical (unpaired) electrons. The quantitative estimate of drug-likeness (QED) is 0.856. The Bertz CT molecular complexity index is 386. The van der Waals surface area contributed by atoms with Crippen LogP contribution >= 0.6 is 15.9 Å².